The lowest BCUT2D eigenvalue weighted by molar-refractivity contribution is 0.0898. The summed E-state index contributed by atoms with van der Waals surface area (Å²) in [6, 6.07) is 8.20. The molecule has 72 valence electrons. The van der Waals surface area contributed by atoms with E-state index in [1.807, 2.05) is 12.1 Å². The normalized spacial score (nSPS) is 29.9. The highest BCUT2D eigenvalue weighted by molar-refractivity contribution is 6.00. The first kappa shape index (κ1) is 8.22. The van der Waals surface area contributed by atoms with Gasteiger partial charge < -0.3 is 0 Å². The molecule has 0 aromatic heterocycles. The molecule has 3 aliphatic carbocycles. The highest BCUT2D eigenvalue weighted by Gasteiger charge is 2.34. The summed E-state index contributed by atoms with van der Waals surface area (Å²) >= 11 is 0. The van der Waals surface area contributed by atoms with Crippen LogP contribution in [-0.2, 0) is 0 Å². The summed E-state index contributed by atoms with van der Waals surface area (Å²) < 4.78 is 0. The van der Waals surface area contributed by atoms with E-state index in [4.69, 9.17) is 0 Å². The molecule has 0 unspecified atom stereocenters. The van der Waals surface area contributed by atoms with Crippen LogP contribution in [0.2, 0.25) is 0 Å². The number of benzene rings is 1. The van der Waals surface area contributed by atoms with Gasteiger partial charge in [-0.1, -0.05) is 24.3 Å². The Morgan fingerprint density at radius 3 is 2.36 bits per heavy atom. The number of rotatable bonds is 0. The molecule has 0 aliphatic heterocycles. The Morgan fingerprint density at radius 2 is 1.57 bits per heavy atom. The van der Waals surface area contributed by atoms with E-state index in [-0.39, 0.29) is 0 Å². The summed E-state index contributed by atoms with van der Waals surface area (Å²) in [7, 11) is 0. The Bertz CT molecular complexity index is 373. The van der Waals surface area contributed by atoms with E-state index in [0.29, 0.717) is 17.6 Å². The fourth-order valence-electron chi connectivity index (χ4n) is 2.96. The lowest BCUT2D eigenvalue weighted by Crippen LogP contribution is -2.15. The van der Waals surface area contributed by atoms with Gasteiger partial charge in [0, 0.05) is 11.5 Å². The Labute approximate surface area is 84.1 Å². The summed E-state index contributed by atoms with van der Waals surface area (Å²) in [5.74, 6) is 1.39. The first-order valence-electron chi connectivity index (χ1n) is 5.49. The molecule has 4 rings (SSSR count). The minimum Gasteiger partial charge on any atom is -0.294 e. The van der Waals surface area contributed by atoms with Crippen LogP contribution in [-0.4, -0.2) is 5.78 Å². The van der Waals surface area contributed by atoms with Crippen molar-refractivity contribution in [3.8, 4) is 0 Å². The van der Waals surface area contributed by atoms with Gasteiger partial charge in [0.1, 0.15) is 0 Å². The van der Waals surface area contributed by atoms with Gasteiger partial charge in [0.05, 0.1) is 0 Å². The van der Waals surface area contributed by atoms with Gasteiger partial charge in [-0.15, -0.1) is 0 Å². The number of fused-ring (bicyclic) bond motifs is 2. The predicted molar refractivity (Wildman–Crippen MR) is 55.5 cm³/mol. The van der Waals surface area contributed by atoms with Crippen molar-refractivity contribution in [3.05, 3.63) is 35.4 Å². The molecule has 14 heavy (non-hydrogen) atoms. The minimum atomic E-state index is 0.329. The number of hydrogen-bond donors (Lipinski definition) is 0. The molecule has 0 heterocycles. The van der Waals surface area contributed by atoms with Crippen molar-refractivity contribution >= 4 is 5.78 Å². The molecule has 1 nitrogen and oxygen atoms in total. The van der Waals surface area contributed by atoms with Crippen molar-refractivity contribution in [2.75, 3.05) is 0 Å². The third-order valence-corrected chi connectivity index (χ3v) is 3.76. The fraction of sp³-hybridized carbons (Fsp3) is 0.462. The van der Waals surface area contributed by atoms with Crippen molar-refractivity contribution in [1.29, 1.82) is 0 Å². The third-order valence-electron chi connectivity index (χ3n) is 3.76. The molecular weight excluding hydrogens is 172 g/mol. The van der Waals surface area contributed by atoms with Crippen LogP contribution in [0.15, 0.2) is 24.3 Å². The van der Waals surface area contributed by atoms with Crippen molar-refractivity contribution in [2.45, 2.75) is 31.6 Å². The minimum absolute atomic E-state index is 0.329. The first-order chi connectivity index (χ1) is 6.86. The topological polar surface area (TPSA) is 17.1 Å². The van der Waals surface area contributed by atoms with Crippen LogP contribution in [0, 0.1) is 5.92 Å². The van der Waals surface area contributed by atoms with E-state index in [1.54, 1.807) is 0 Å². The molecule has 1 heteroatoms. The SMILES string of the molecule is O=C1c2ccccc2C2CCC1CC2. The van der Waals surface area contributed by atoms with E-state index in [9.17, 15) is 4.79 Å². The number of ketones is 1. The van der Waals surface area contributed by atoms with E-state index >= 15 is 0 Å². The molecule has 1 aromatic rings. The fourth-order valence-corrected chi connectivity index (χ4v) is 2.96. The Hall–Kier alpha value is -1.11. The number of hydrogen-bond acceptors (Lipinski definition) is 1. The zero-order chi connectivity index (χ0) is 9.54. The van der Waals surface area contributed by atoms with Gasteiger partial charge in [0.2, 0.25) is 0 Å². The highest BCUT2D eigenvalue weighted by Crippen LogP contribution is 2.42. The van der Waals surface area contributed by atoms with Gasteiger partial charge in [-0.3, -0.25) is 4.79 Å². The smallest absolute Gasteiger partial charge is 0.166 e. The maximum Gasteiger partial charge on any atom is 0.166 e. The van der Waals surface area contributed by atoms with Gasteiger partial charge in [0.15, 0.2) is 5.78 Å². The molecule has 2 bridgehead atoms. The number of carbonyl (C=O) groups is 1. The monoisotopic (exact) mass is 186 g/mol. The number of carbonyl (C=O) groups excluding carboxylic acids is 1. The summed E-state index contributed by atoms with van der Waals surface area (Å²) in [5, 5.41) is 0. The average Bonchev–Trinajstić information content (AvgIpc) is 2.48. The summed E-state index contributed by atoms with van der Waals surface area (Å²) in [5.41, 5.74) is 2.33. The van der Waals surface area contributed by atoms with E-state index in [1.165, 1.54) is 18.4 Å². The Kier molecular flexibility index (Phi) is 1.73. The molecule has 0 amide bonds. The van der Waals surface area contributed by atoms with Crippen LogP contribution < -0.4 is 0 Å². The van der Waals surface area contributed by atoms with Crippen molar-refractivity contribution < 1.29 is 4.79 Å². The molecule has 0 saturated heterocycles. The van der Waals surface area contributed by atoms with Gasteiger partial charge in [-0.05, 0) is 37.2 Å². The number of Topliss-reactive ketones (excluding diaryl/α,β-unsaturated/α-hetero) is 1. The Balaban J connectivity index is 2.20. The average molecular weight is 186 g/mol. The van der Waals surface area contributed by atoms with E-state index in [0.717, 1.165) is 18.4 Å². The maximum atomic E-state index is 12.1. The van der Waals surface area contributed by atoms with E-state index < -0.39 is 0 Å². The maximum absolute atomic E-state index is 12.1. The molecule has 1 saturated carbocycles. The largest absolute Gasteiger partial charge is 0.294 e. The Morgan fingerprint density at radius 1 is 0.929 bits per heavy atom. The molecule has 0 atom stereocenters. The lowest BCUT2D eigenvalue weighted by Gasteiger charge is -2.22. The van der Waals surface area contributed by atoms with Gasteiger partial charge >= 0.3 is 0 Å². The highest BCUT2D eigenvalue weighted by atomic mass is 16.1. The predicted octanol–water partition coefficient (Wildman–Crippen LogP) is 3.16. The summed E-state index contributed by atoms with van der Waals surface area (Å²) in [4.78, 5) is 12.1. The second kappa shape index (κ2) is 2.94. The van der Waals surface area contributed by atoms with Crippen LogP contribution in [0.4, 0.5) is 0 Å². The zero-order valence-corrected chi connectivity index (χ0v) is 8.20. The van der Waals surface area contributed by atoms with Crippen LogP contribution in [0.25, 0.3) is 0 Å². The van der Waals surface area contributed by atoms with Crippen LogP contribution in [0.1, 0.15) is 47.5 Å². The molecular formula is C13H14O. The summed E-state index contributed by atoms with van der Waals surface area (Å²) in [6.45, 7) is 0. The lowest BCUT2D eigenvalue weighted by atomic mass is 9.82. The second-order valence-corrected chi connectivity index (χ2v) is 4.50. The van der Waals surface area contributed by atoms with Crippen LogP contribution >= 0.6 is 0 Å². The molecule has 0 N–H and O–H groups in total. The second-order valence-electron chi connectivity index (χ2n) is 4.50. The van der Waals surface area contributed by atoms with Crippen molar-refractivity contribution in [2.24, 2.45) is 5.92 Å². The quantitative estimate of drug-likeness (QED) is 0.608. The standard InChI is InChI=1S/C13H14O/c14-13-10-7-5-9(6-8-10)11-3-1-2-4-12(11)13/h1-4,9-10H,5-8H2. The zero-order valence-electron chi connectivity index (χ0n) is 8.20. The van der Waals surface area contributed by atoms with Gasteiger partial charge in [0.25, 0.3) is 0 Å². The molecule has 1 aromatic carbocycles. The third kappa shape index (κ3) is 1.05. The van der Waals surface area contributed by atoms with Gasteiger partial charge in [-0.2, -0.15) is 0 Å². The summed E-state index contributed by atoms with van der Waals surface area (Å²) in [6.07, 6.45) is 4.65. The first-order valence-corrected chi connectivity index (χ1v) is 5.49. The molecule has 1 fully saturated rings. The molecule has 0 spiro atoms. The van der Waals surface area contributed by atoms with Crippen LogP contribution in [0.3, 0.4) is 0 Å². The van der Waals surface area contributed by atoms with E-state index in [2.05, 4.69) is 12.1 Å². The van der Waals surface area contributed by atoms with Crippen molar-refractivity contribution in [1.82, 2.24) is 0 Å². The van der Waals surface area contributed by atoms with Crippen LogP contribution in [0.5, 0.6) is 0 Å². The van der Waals surface area contributed by atoms with Gasteiger partial charge in [-0.25, -0.2) is 0 Å². The van der Waals surface area contributed by atoms with Crippen molar-refractivity contribution in [3.63, 3.8) is 0 Å². The molecule has 3 aliphatic rings. The molecule has 0 radical (unpaired) electrons.